The van der Waals surface area contributed by atoms with Crippen molar-refractivity contribution in [2.24, 2.45) is 0 Å². The molecule has 1 atom stereocenters. The number of carbonyl (C=O) groups excluding carboxylic acids is 1. The number of ketones is 1. The highest BCUT2D eigenvalue weighted by molar-refractivity contribution is 6.36. The number of carbonyl (C=O) groups is 1. The standard InChI is InChI=1S/C13H14Cl2FNO/c14-10-7-11(15)12(16)6-9(10)13(18)5-8-3-1-2-4-17-8/h6-8,17H,1-5H2. The first kappa shape index (κ1) is 13.8. The first-order valence-electron chi connectivity index (χ1n) is 5.99. The topological polar surface area (TPSA) is 29.1 Å². The maximum absolute atomic E-state index is 13.3. The van der Waals surface area contributed by atoms with Gasteiger partial charge in [-0.2, -0.15) is 0 Å². The number of piperidine rings is 1. The third-order valence-electron chi connectivity index (χ3n) is 3.15. The minimum absolute atomic E-state index is 0.0626. The van der Waals surface area contributed by atoms with Gasteiger partial charge in [0.05, 0.1) is 10.0 Å². The summed E-state index contributed by atoms with van der Waals surface area (Å²) in [5, 5.41) is 3.43. The van der Waals surface area contributed by atoms with Gasteiger partial charge in [0.2, 0.25) is 0 Å². The molecule has 0 bridgehead atoms. The van der Waals surface area contributed by atoms with Gasteiger partial charge in [-0.15, -0.1) is 0 Å². The molecule has 0 amide bonds. The fourth-order valence-corrected chi connectivity index (χ4v) is 2.66. The van der Waals surface area contributed by atoms with Crippen LogP contribution in [0.4, 0.5) is 4.39 Å². The Morgan fingerprint density at radius 2 is 2.11 bits per heavy atom. The maximum atomic E-state index is 13.3. The third-order valence-corrected chi connectivity index (χ3v) is 3.76. The Morgan fingerprint density at radius 1 is 1.33 bits per heavy atom. The zero-order valence-electron chi connectivity index (χ0n) is 9.81. The Kier molecular flexibility index (Phi) is 4.60. The molecule has 1 saturated heterocycles. The molecule has 0 aliphatic carbocycles. The van der Waals surface area contributed by atoms with Crippen LogP contribution in [0.1, 0.15) is 36.0 Å². The molecule has 1 aliphatic heterocycles. The first-order valence-corrected chi connectivity index (χ1v) is 6.74. The lowest BCUT2D eigenvalue weighted by Gasteiger charge is -2.22. The van der Waals surface area contributed by atoms with Gasteiger partial charge in [0, 0.05) is 18.0 Å². The molecule has 5 heteroatoms. The van der Waals surface area contributed by atoms with E-state index in [0.29, 0.717) is 6.42 Å². The largest absolute Gasteiger partial charge is 0.314 e. The molecule has 0 radical (unpaired) electrons. The second kappa shape index (κ2) is 6.00. The van der Waals surface area contributed by atoms with Gasteiger partial charge in [-0.05, 0) is 31.5 Å². The van der Waals surface area contributed by atoms with Crippen molar-refractivity contribution in [3.63, 3.8) is 0 Å². The summed E-state index contributed by atoms with van der Waals surface area (Å²) < 4.78 is 13.3. The predicted molar refractivity (Wildman–Crippen MR) is 71.0 cm³/mol. The lowest BCUT2D eigenvalue weighted by molar-refractivity contribution is 0.0963. The van der Waals surface area contributed by atoms with Crippen LogP contribution in [0.15, 0.2) is 12.1 Å². The lowest BCUT2D eigenvalue weighted by Crippen LogP contribution is -2.35. The van der Waals surface area contributed by atoms with Crippen molar-refractivity contribution >= 4 is 29.0 Å². The van der Waals surface area contributed by atoms with E-state index in [2.05, 4.69) is 5.32 Å². The Labute approximate surface area is 115 Å². The molecule has 1 N–H and O–H groups in total. The maximum Gasteiger partial charge on any atom is 0.166 e. The second-order valence-electron chi connectivity index (χ2n) is 4.52. The smallest absolute Gasteiger partial charge is 0.166 e. The van der Waals surface area contributed by atoms with Crippen molar-refractivity contribution in [1.29, 1.82) is 0 Å². The highest BCUT2D eigenvalue weighted by Crippen LogP contribution is 2.26. The Balaban J connectivity index is 2.10. The normalized spacial score (nSPS) is 19.8. The minimum Gasteiger partial charge on any atom is -0.314 e. The van der Waals surface area contributed by atoms with Crippen molar-refractivity contribution in [2.75, 3.05) is 6.54 Å². The summed E-state index contributed by atoms with van der Waals surface area (Å²) in [6.45, 7) is 0.931. The zero-order chi connectivity index (χ0) is 13.1. The lowest BCUT2D eigenvalue weighted by atomic mass is 9.97. The monoisotopic (exact) mass is 289 g/mol. The molecular weight excluding hydrogens is 276 g/mol. The second-order valence-corrected chi connectivity index (χ2v) is 5.33. The summed E-state index contributed by atoms with van der Waals surface area (Å²) in [4.78, 5) is 12.1. The molecule has 0 aromatic heterocycles. The molecule has 1 heterocycles. The van der Waals surface area contributed by atoms with E-state index in [9.17, 15) is 9.18 Å². The number of rotatable bonds is 3. The molecule has 1 fully saturated rings. The molecule has 18 heavy (non-hydrogen) atoms. The molecule has 2 rings (SSSR count). The van der Waals surface area contributed by atoms with E-state index in [1.807, 2.05) is 0 Å². The summed E-state index contributed by atoms with van der Waals surface area (Å²) in [7, 11) is 0. The average Bonchev–Trinajstić information content (AvgIpc) is 2.35. The highest BCUT2D eigenvalue weighted by atomic mass is 35.5. The Hall–Kier alpha value is -0.640. The van der Waals surface area contributed by atoms with Crippen LogP contribution in [0.2, 0.25) is 10.0 Å². The van der Waals surface area contributed by atoms with Crippen molar-refractivity contribution in [2.45, 2.75) is 31.7 Å². The molecule has 1 unspecified atom stereocenters. The SMILES string of the molecule is O=C(CC1CCCCN1)c1cc(F)c(Cl)cc1Cl. The fourth-order valence-electron chi connectivity index (χ4n) is 2.17. The summed E-state index contributed by atoms with van der Waals surface area (Å²) >= 11 is 11.5. The van der Waals surface area contributed by atoms with Crippen molar-refractivity contribution in [3.8, 4) is 0 Å². The van der Waals surface area contributed by atoms with Gasteiger partial charge in [-0.3, -0.25) is 4.79 Å². The van der Waals surface area contributed by atoms with Gasteiger partial charge in [-0.25, -0.2) is 4.39 Å². The first-order chi connectivity index (χ1) is 8.58. The average molecular weight is 290 g/mol. The van der Waals surface area contributed by atoms with E-state index in [4.69, 9.17) is 23.2 Å². The Morgan fingerprint density at radius 3 is 2.78 bits per heavy atom. The molecule has 1 aliphatic rings. The van der Waals surface area contributed by atoms with Gasteiger partial charge in [-0.1, -0.05) is 29.6 Å². The van der Waals surface area contributed by atoms with Crippen LogP contribution >= 0.6 is 23.2 Å². The summed E-state index contributed by atoms with van der Waals surface area (Å²) in [6, 6.07) is 2.57. The van der Waals surface area contributed by atoms with Crippen LogP contribution in [0, 0.1) is 5.82 Å². The third kappa shape index (κ3) is 3.22. The minimum atomic E-state index is -0.610. The van der Waals surface area contributed by atoms with E-state index in [0.717, 1.165) is 31.9 Å². The number of halogens is 3. The number of hydrogen-bond acceptors (Lipinski definition) is 2. The van der Waals surface area contributed by atoms with E-state index in [-0.39, 0.29) is 27.4 Å². The van der Waals surface area contributed by atoms with Crippen molar-refractivity contribution in [1.82, 2.24) is 5.32 Å². The van der Waals surface area contributed by atoms with Crippen LogP contribution in [0.5, 0.6) is 0 Å². The molecule has 1 aromatic rings. The van der Waals surface area contributed by atoms with Gasteiger partial charge < -0.3 is 5.32 Å². The molecular formula is C13H14Cl2FNO. The summed E-state index contributed by atoms with van der Waals surface area (Å²) in [5.74, 6) is -0.754. The van der Waals surface area contributed by atoms with Crippen LogP contribution in [0.3, 0.4) is 0 Å². The van der Waals surface area contributed by atoms with E-state index < -0.39 is 5.82 Å². The zero-order valence-corrected chi connectivity index (χ0v) is 11.3. The quantitative estimate of drug-likeness (QED) is 0.676. The van der Waals surface area contributed by atoms with Gasteiger partial charge in [0.15, 0.2) is 5.78 Å². The molecule has 0 saturated carbocycles. The highest BCUT2D eigenvalue weighted by Gasteiger charge is 2.20. The van der Waals surface area contributed by atoms with E-state index in [1.54, 1.807) is 0 Å². The number of benzene rings is 1. The Bertz CT molecular complexity index is 459. The molecule has 1 aromatic carbocycles. The van der Waals surface area contributed by atoms with Crippen LogP contribution < -0.4 is 5.32 Å². The van der Waals surface area contributed by atoms with E-state index >= 15 is 0 Å². The van der Waals surface area contributed by atoms with Crippen LogP contribution in [-0.2, 0) is 0 Å². The predicted octanol–water partition coefficient (Wildman–Crippen LogP) is 3.85. The number of nitrogens with one attached hydrogen (secondary N) is 1. The van der Waals surface area contributed by atoms with E-state index in [1.165, 1.54) is 6.07 Å². The van der Waals surface area contributed by atoms with Crippen molar-refractivity contribution < 1.29 is 9.18 Å². The van der Waals surface area contributed by atoms with Gasteiger partial charge in [0.1, 0.15) is 5.82 Å². The summed E-state index contributed by atoms with van der Waals surface area (Å²) in [6.07, 6.45) is 3.58. The molecule has 98 valence electrons. The molecule has 2 nitrogen and oxygen atoms in total. The fraction of sp³-hybridized carbons (Fsp3) is 0.462. The molecule has 0 spiro atoms. The van der Waals surface area contributed by atoms with Gasteiger partial charge in [0.25, 0.3) is 0 Å². The van der Waals surface area contributed by atoms with Gasteiger partial charge >= 0.3 is 0 Å². The number of Topliss-reactive ketones (excluding diaryl/α,β-unsaturated/α-hetero) is 1. The number of hydrogen-bond donors (Lipinski definition) is 1. The van der Waals surface area contributed by atoms with Crippen molar-refractivity contribution in [3.05, 3.63) is 33.6 Å². The van der Waals surface area contributed by atoms with Crippen LogP contribution in [-0.4, -0.2) is 18.4 Å². The summed E-state index contributed by atoms with van der Waals surface area (Å²) in [5.41, 5.74) is 0.214. The van der Waals surface area contributed by atoms with Crippen LogP contribution in [0.25, 0.3) is 0 Å².